The van der Waals surface area contributed by atoms with Crippen LogP contribution in [-0.2, 0) is 20.2 Å². The molecule has 0 saturated carbocycles. The lowest BCUT2D eigenvalue weighted by Crippen LogP contribution is -2.51. The molecule has 0 aromatic heterocycles. The van der Waals surface area contributed by atoms with Gasteiger partial charge in [0.15, 0.2) is 0 Å². The lowest BCUT2D eigenvalue weighted by Gasteiger charge is -2.34. The SMILES string of the molecule is CCCNC(=O)CN1CCN(S(=O)(=O)c2c(C)cc(C(C)(C)C)cc2C)CC1. The van der Waals surface area contributed by atoms with Crippen LogP contribution >= 0.6 is 0 Å². The van der Waals surface area contributed by atoms with Crippen LogP contribution in [0.2, 0.25) is 0 Å². The van der Waals surface area contributed by atoms with E-state index in [0.717, 1.165) is 23.1 Å². The van der Waals surface area contributed by atoms with E-state index in [1.807, 2.05) is 37.8 Å². The van der Waals surface area contributed by atoms with E-state index >= 15 is 0 Å². The van der Waals surface area contributed by atoms with Gasteiger partial charge in [-0.15, -0.1) is 0 Å². The first-order chi connectivity index (χ1) is 13.0. The summed E-state index contributed by atoms with van der Waals surface area (Å²) in [5.41, 5.74) is 2.71. The molecule has 1 aliphatic rings. The van der Waals surface area contributed by atoms with Crippen molar-refractivity contribution in [1.82, 2.24) is 14.5 Å². The number of carbonyl (C=O) groups is 1. The van der Waals surface area contributed by atoms with Gasteiger partial charge in [-0.2, -0.15) is 4.31 Å². The Balaban J connectivity index is 2.12. The number of nitrogens with one attached hydrogen (secondary N) is 1. The quantitative estimate of drug-likeness (QED) is 0.783. The van der Waals surface area contributed by atoms with Gasteiger partial charge in [0.2, 0.25) is 15.9 Å². The summed E-state index contributed by atoms with van der Waals surface area (Å²) in [6.45, 7) is 15.1. The number of rotatable bonds is 6. The maximum absolute atomic E-state index is 13.3. The van der Waals surface area contributed by atoms with Crippen LogP contribution in [0.15, 0.2) is 17.0 Å². The molecule has 1 aromatic carbocycles. The molecule has 0 radical (unpaired) electrons. The maximum atomic E-state index is 13.3. The molecule has 2 rings (SSSR count). The lowest BCUT2D eigenvalue weighted by molar-refractivity contribution is -0.122. The molecule has 7 heteroatoms. The average molecular weight is 410 g/mol. The molecule has 0 unspecified atom stereocenters. The number of hydrogen-bond donors (Lipinski definition) is 1. The Labute approximate surface area is 170 Å². The first-order valence-electron chi connectivity index (χ1n) is 10.1. The Morgan fingerprint density at radius 2 is 1.61 bits per heavy atom. The van der Waals surface area contributed by atoms with Crippen molar-refractivity contribution >= 4 is 15.9 Å². The highest BCUT2D eigenvalue weighted by atomic mass is 32.2. The van der Waals surface area contributed by atoms with Gasteiger partial charge in [-0.25, -0.2) is 8.42 Å². The number of hydrogen-bond acceptors (Lipinski definition) is 4. The van der Waals surface area contributed by atoms with E-state index < -0.39 is 10.0 Å². The molecule has 158 valence electrons. The van der Waals surface area contributed by atoms with E-state index in [1.165, 1.54) is 0 Å². The van der Waals surface area contributed by atoms with Crippen LogP contribution in [0.1, 0.15) is 50.8 Å². The standard InChI is InChI=1S/C21H35N3O3S/c1-7-8-22-19(25)15-23-9-11-24(12-10-23)28(26,27)20-16(2)13-18(14-17(20)3)21(4,5)6/h13-14H,7-12,15H2,1-6H3,(H,22,25). The molecule has 1 fully saturated rings. The van der Waals surface area contributed by atoms with Crippen molar-refractivity contribution in [2.75, 3.05) is 39.3 Å². The van der Waals surface area contributed by atoms with E-state index in [0.29, 0.717) is 44.2 Å². The summed E-state index contributed by atoms with van der Waals surface area (Å²) in [6, 6.07) is 3.99. The molecule has 1 saturated heterocycles. The maximum Gasteiger partial charge on any atom is 0.243 e. The van der Waals surface area contributed by atoms with Gasteiger partial charge in [-0.1, -0.05) is 39.8 Å². The predicted octanol–water partition coefficient (Wildman–Crippen LogP) is 2.43. The number of carbonyl (C=O) groups excluding carboxylic acids is 1. The molecule has 1 heterocycles. The van der Waals surface area contributed by atoms with E-state index in [2.05, 4.69) is 26.1 Å². The van der Waals surface area contributed by atoms with Gasteiger partial charge < -0.3 is 5.32 Å². The van der Waals surface area contributed by atoms with Crippen molar-refractivity contribution in [2.24, 2.45) is 0 Å². The van der Waals surface area contributed by atoms with Crippen LogP contribution in [0, 0.1) is 13.8 Å². The molecular weight excluding hydrogens is 374 g/mol. The predicted molar refractivity (Wildman–Crippen MR) is 113 cm³/mol. The van der Waals surface area contributed by atoms with Crippen molar-refractivity contribution in [1.29, 1.82) is 0 Å². The molecule has 28 heavy (non-hydrogen) atoms. The fourth-order valence-electron chi connectivity index (χ4n) is 3.57. The molecule has 0 bridgehead atoms. The summed E-state index contributed by atoms with van der Waals surface area (Å²) >= 11 is 0. The Hall–Kier alpha value is -1.44. The molecule has 6 nitrogen and oxygen atoms in total. The fourth-order valence-corrected chi connectivity index (χ4v) is 5.40. The zero-order valence-corrected chi connectivity index (χ0v) is 18.9. The zero-order valence-electron chi connectivity index (χ0n) is 18.1. The van der Waals surface area contributed by atoms with Gasteiger partial charge in [-0.3, -0.25) is 9.69 Å². The number of benzene rings is 1. The molecule has 1 amide bonds. The normalized spacial score (nSPS) is 16.9. The van der Waals surface area contributed by atoms with Crippen molar-refractivity contribution in [3.8, 4) is 0 Å². The van der Waals surface area contributed by atoms with Crippen LogP contribution in [0.3, 0.4) is 0 Å². The van der Waals surface area contributed by atoms with Gasteiger partial charge in [0.1, 0.15) is 0 Å². The first kappa shape index (κ1) is 22.8. The average Bonchev–Trinajstić information content (AvgIpc) is 2.58. The van der Waals surface area contributed by atoms with Crippen molar-refractivity contribution in [2.45, 2.75) is 58.3 Å². The third-order valence-electron chi connectivity index (χ3n) is 5.19. The molecule has 0 spiro atoms. The summed E-state index contributed by atoms with van der Waals surface area (Å²) in [4.78, 5) is 14.3. The van der Waals surface area contributed by atoms with E-state index in [1.54, 1.807) is 4.31 Å². The van der Waals surface area contributed by atoms with Gasteiger partial charge in [0.05, 0.1) is 11.4 Å². The molecular formula is C21H35N3O3S. The summed E-state index contributed by atoms with van der Waals surface area (Å²) in [5, 5.41) is 2.87. The molecule has 1 aliphatic heterocycles. The minimum atomic E-state index is -3.55. The number of piperazine rings is 1. The monoisotopic (exact) mass is 409 g/mol. The van der Waals surface area contributed by atoms with E-state index in [-0.39, 0.29) is 11.3 Å². The fraction of sp³-hybridized carbons (Fsp3) is 0.667. The van der Waals surface area contributed by atoms with Gasteiger partial charge in [0.25, 0.3) is 0 Å². The Bertz CT molecular complexity index is 782. The summed E-state index contributed by atoms with van der Waals surface area (Å²) < 4.78 is 28.1. The minimum absolute atomic E-state index is 0.00242. The summed E-state index contributed by atoms with van der Waals surface area (Å²) in [7, 11) is -3.55. The topological polar surface area (TPSA) is 69.7 Å². The highest BCUT2D eigenvalue weighted by molar-refractivity contribution is 7.89. The second-order valence-electron chi connectivity index (χ2n) is 8.72. The van der Waals surface area contributed by atoms with Crippen LogP contribution in [0.25, 0.3) is 0 Å². The van der Waals surface area contributed by atoms with Gasteiger partial charge in [0, 0.05) is 32.7 Å². The highest BCUT2D eigenvalue weighted by Gasteiger charge is 2.32. The smallest absolute Gasteiger partial charge is 0.243 e. The lowest BCUT2D eigenvalue weighted by atomic mass is 9.85. The van der Waals surface area contributed by atoms with Crippen molar-refractivity contribution < 1.29 is 13.2 Å². The first-order valence-corrected chi connectivity index (χ1v) is 11.5. The van der Waals surface area contributed by atoms with E-state index in [4.69, 9.17) is 0 Å². The third-order valence-corrected chi connectivity index (χ3v) is 7.40. The van der Waals surface area contributed by atoms with Crippen LogP contribution in [0.4, 0.5) is 0 Å². The number of aryl methyl sites for hydroxylation is 2. The number of amides is 1. The molecule has 0 aliphatic carbocycles. The molecule has 1 N–H and O–H groups in total. The summed E-state index contributed by atoms with van der Waals surface area (Å²) in [6.07, 6.45) is 0.907. The number of sulfonamides is 1. The second kappa shape index (κ2) is 8.93. The summed E-state index contributed by atoms with van der Waals surface area (Å²) in [5.74, 6) is 0.00242. The van der Waals surface area contributed by atoms with Crippen molar-refractivity contribution in [3.05, 3.63) is 28.8 Å². The highest BCUT2D eigenvalue weighted by Crippen LogP contribution is 2.31. The van der Waals surface area contributed by atoms with Crippen molar-refractivity contribution in [3.63, 3.8) is 0 Å². The second-order valence-corrected chi connectivity index (χ2v) is 10.6. The number of nitrogens with zero attached hydrogens (tertiary/aromatic N) is 2. The molecule has 1 aromatic rings. The van der Waals surface area contributed by atoms with E-state index in [9.17, 15) is 13.2 Å². The Morgan fingerprint density at radius 3 is 2.07 bits per heavy atom. The van der Waals surface area contributed by atoms with Crippen LogP contribution < -0.4 is 5.32 Å². The molecule has 0 atom stereocenters. The van der Waals surface area contributed by atoms with Crippen LogP contribution in [-0.4, -0.2) is 62.8 Å². The largest absolute Gasteiger partial charge is 0.355 e. The minimum Gasteiger partial charge on any atom is -0.355 e. The van der Waals surface area contributed by atoms with Gasteiger partial charge >= 0.3 is 0 Å². The Morgan fingerprint density at radius 1 is 1.07 bits per heavy atom. The Kier molecular flexibility index (Phi) is 7.28. The van der Waals surface area contributed by atoms with Gasteiger partial charge in [-0.05, 0) is 42.4 Å². The van der Waals surface area contributed by atoms with Crippen LogP contribution in [0.5, 0.6) is 0 Å². The third kappa shape index (κ3) is 5.33. The zero-order chi connectivity index (χ0) is 21.1.